The Bertz CT molecular complexity index is 393. The highest BCUT2D eigenvalue weighted by Gasteiger charge is 2.08. The lowest BCUT2D eigenvalue weighted by Crippen LogP contribution is -2.21. The van der Waals surface area contributed by atoms with Crippen LogP contribution in [0.15, 0.2) is 18.2 Å². The Labute approximate surface area is 116 Å². The molecule has 0 aliphatic rings. The molecule has 0 bridgehead atoms. The summed E-state index contributed by atoms with van der Waals surface area (Å²) in [5, 5.41) is 3.47. The van der Waals surface area contributed by atoms with Crippen molar-refractivity contribution in [3.05, 3.63) is 33.5 Å². The van der Waals surface area contributed by atoms with E-state index >= 15 is 0 Å². The summed E-state index contributed by atoms with van der Waals surface area (Å²) in [5.41, 5.74) is 2.66. The maximum absolute atomic E-state index is 3.96. The first-order chi connectivity index (χ1) is 8.38. The highest BCUT2D eigenvalue weighted by atomic mass is 32.1. The second-order valence-corrected chi connectivity index (χ2v) is 6.80. The SMILES string of the molecule is C=C(C)CN(C)Cc1cc(CNC(C)C)sc1C. The van der Waals surface area contributed by atoms with E-state index in [-0.39, 0.29) is 0 Å². The minimum absolute atomic E-state index is 0.543. The van der Waals surface area contributed by atoms with Gasteiger partial charge in [-0.3, -0.25) is 4.90 Å². The van der Waals surface area contributed by atoms with Crippen molar-refractivity contribution >= 4 is 11.3 Å². The lowest BCUT2D eigenvalue weighted by atomic mass is 10.2. The second kappa shape index (κ2) is 7.07. The minimum Gasteiger partial charge on any atom is -0.310 e. The van der Waals surface area contributed by atoms with Gasteiger partial charge in [-0.05, 0) is 32.5 Å². The summed E-state index contributed by atoms with van der Waals surface area (Å²) in [6.07, 6.45) is 0. The Kier molecular flexibility index (Phi) is 6.06. The topological polar surface area (TPSA) is 15.3 Å². The van der Waals surface area contributed by atoms with Crippen LogP contribution < -0.4 is 5.32 Å². The van der Waals surface area contributed by atoms with Gasteiger partial charge in [0.15, 0.2) is 0 Å². The quantitative estimate of drug-likeness (QED) is 0.759. The third-order valence-electron chi connectivity index (χ3n) is 2.74. The number of hydrogen-bond donors (Lipinski definition) is 1. The zero-order valence-corrected chi connectivity index (χ0v) is 13.2. The highest BCUT2D eigenvalue weighted by molar-refractivity contribution is 7.12. The summed E-state index contributed by atoms with van der Waals surface area (Å²) in [6.45, 7) is 15.6. The summed E-state index contributed by atoms with van der Waals surface area (Å²) in [5.74, 6) is 0. The molecule has 0 spiro atoms. The molecule has 0 aliphatic heterocycles. The molecule has 1 aromatic rings. The number of aryl methyl sites for hydroxylation is 1. The summed E-state index contributed by atoms with van der Waals surface area (Å²) >= 11 is 1.91. The molecule has 0 atom stereocenters. The van der Waals surface area contributed by atoms with E-state index < -0.39 is 0 Å². The fraction of sp³-hybridized carbons (Fsp3) is 0.600. The Hall–Kier alpha value is -0.640. The van der Waals surface area contributed by atoms with E-state index in [1.54, 1.807) is 0 Å². The number of thiophene rings is 1. The van der Waals surface area contributed by atoms with Crippen LogP contribution in [0.25, 0.3) is 0 Å². The van der Waals surface area contributed by atoms with Gasteiger partial charge in [-0.25, -0.2) is 0 Å². The largest absolute Gasteiger partial charge is 0.310 e. The summed E-state index contributed by atoms with van der Waals surface area (Å²) in [6, 6.07) is 2.88. The molecule has 0 unspecified atom stereocenters. The van der Waals surface area contributed by atoms with E-state index in [0.29, 0.717) is 6.04 Å². The van der Waals surface area contributed by atoms with Gasteiger partial charge in [-0.2, -0.15) is 0 Å². The third kappa shape index (κ3) is 5.34. The van der Waals surface area contributed by atoms with Crippen molar-refractivity contribution in [2.45, 2.75) is 46.8 Å². The van der Waals surface area contributed by atoms with Crippen molar-refractivity contribution in [3.63, 3.8) is 0 Å². The van der Waals surface area contributed by atoms with Crippen molar-refractivity contribution in [1.82, 2.24) is 10.2 Å². The molecule has 1 aromatic heterocycles. The normalized spacial score (nSPS) is 11.5. The maximum atomic E-state index is 3.96. The predicted molar refractivity (Wildman–Crippen MR) is 82.2 cm³/mol. The van der Waals surface area contributed by atoms with E-state index in [2.05, 4.69) is 57.6 Å². The Balaban J connectivity index is 2.58. The van der Waals surface area contributed by atoms with Crippen LogP contribution in [-0.2, 0) is 13.1 Å². The molecule has 0 saturated heterocycles. The molecule has 18 heavy (non-hydrogen) atoms. The molecule has 3 heteroatoms. The number of hydrogen-bond acceptors (Lipinski definition) is 3. The van der Waals surface area contributed by atoms with E-state index in [9.17, 15) is 0 Å². The fourth-order valence-electron chi connectivity index (χ4n) is 1.94. The van der Waals surface area contributed by atoms with Crippen LogP contribution in [-0.4, -0.2) is 24.5 Å². The van der Waals surface area contributed by atoms with Crippen molar-refractivity contribution < 1.29 is 0 Å². The average molecular weight is 266 g/mol. The molecule has 0 aromatic carbocycles. The van der Waals surface area contributed by atoms with Crippen molar-refractivity contribution in [3.8, 4) is 0 Å². The van der Waals surface area contributed by atoms with E-state index in [1.165, 1.54) is 20.9 Å². The van der Waals surface area contributed by atoms with Gasteiger partial charge in [0.05, 0.1) is 0 Å². The molecule has 1 heterocycles. The molecular weight excluding hydrogens is 240 g/mol. The van der Waals surface area contributed by atoms with Crippen molar-refractivity contribution in [2.75, 3.05) is 13.6 Å². The zero-order chi connectivity index (χ0) is 13.7. The summed E-state index contributed by atoms with van der Waals surface area (Å²) in [4.78, 5) is 5.18. The highest BCUT2D eigenvalue weighted by Crippen LogP contribution is 2.22. The lowest BCUT2D eigenvalue weighted by molar-refractivity contribution is 0.355. The van der Waals surface area contributed by atoms with Crippen LogP contribution in [0.5, 0.6) is 0 Å². The minimum atomic E-state index is 0.543. The molecule has 2 nitrogen and oxygen atoms in total. The first-order valence-electron chi connectivity index (χ1n) is 6.53. The van der Waals surface area contributed by atoms with Gasteiger partial charge in [0, 0.05) is 35.4 Å². The molecule has 102 valence electrons. The Morgan fingerprint density at radius 1 is 1.50 bits per heavy atom. The van der Waals surface area contributed by atoms with E-state index in [0.717, 1.165) is 19.6 Å². The van der Waals surface area contributed by atoms with Gasteiger partial charge >= 0.3 is 0 Å². The molecule has 0 fully saturated rings. The predicted octanol–water partition coefficient (Wildman–Crippen LogP) is 3.56. The third-order valence-corrected chi connectivity index (χ3v) is 3.83. The van der Waals surface area contributed by atoms with Gasteiger partial charge in [0.1, 0.15) is 0 Å². The van der Waals surface area contributed by atoms with Crippen LogP contribution in [0.1, 0.15) is 36.1 Å². The fourth-order valence-corrected chi connectivity index (χ4v) is 2.95. The Morgan fingerprint density at radius 2 is 2.17 bits per heavy atom. The van der Waals surface area contributed by atoms with Gasteiger partial charge in [-0.15, -0.1) is 11.3 Å². The molecule has 1 N–H and O–H groups in total. The van der Waals surface area contributed by atoms with Crippen LogP contribution in [0.4, 0.5) is 0 Å². The van der Waals surface area contributed by atoms with Gasteiger partial charge in [0.2, 0.25) is 0 Å². The number of likely N-dealkylation sites (N-methyl/N-ethyl adjacent to an activating group) is 1. The van der Waals surface area contributed by atoms with Crippen LogP contribution >= 0.6 is 11.3 Å². The van der Waals surface area contributed by atoms with E-state index in [4.69, 9.17) is 0 Å². The molecule has 0 amide bonds. The van der Waals surface area contributed by atoms with Crippen molar-refractivity contribution in [1.29, 1.82) is 0 Å². The molecule has 1 rings (SSSR count). The first-order valence-corrected chi connectivity index (χ1v) is 7.34. The standard InChI is InChI=1S/C15H26N2S/c1-11(2)9-17(6)10-14-7-15(18-13(14)5)8-16-12(3)4/h7,12,16H,1,8-10H2,2-6H3. The van der Waals surface area contributed by atoms with E-state index in [1.807, 2.05) is 11.3 Å². The molecular formula is C15H26N2S. The lowest BCUT2D eigenvalue weighted by Gasteiger charge is -2.16. The number of rotatable bonds is 7. The van der Waals surface area contributed by atoms with Crippen LogP contribution in [0.3, 0.4) is 0 Å². The van der Waals surface area contributed by atoms with Gasteiger partial charge in [0.25, 0.3) is 0 Å². The summed E-state index contributed by atoms with van der Waals surface area (Å²) in [7, 11) is 2.15. The van der Waals surface area contributed by atoms with Gasteiger partial charge < -0.3 is 5.32 Å². The summed E-state index contributed by atoms with van der Waals surface area (Å²) < 4.78 is 0. The van der Waals surface area contributed by atoms with Crippen molar-refractivity contribution in [2.24, 2.45) is 0 Å². The van der Waals surface area contributed by atoms with Crippen LogP contribution in [0.2, 0.25) is 0 Å². The zero-order valence-electron chi connectivity index (χ0n) is 12.3. The maximum Gasteiger partial charge on any atom is 0.0302 e. The van der Waals surface area contributed by atoms with Gasteiger partial charge in [-0.1, -0.05) is 26.0 Å². The first kappa shape index (κ1) is 15.4. The van der Waals surface area contributed by atoms with Crippen LogP contribution in [0, 0.1) is 6.92 Å². The second-order valence-electron chi connectivity index (χ2n) is 5.46. The number of nitrogens with zero attached hydrogens (tertiary/aromatic N) is 1. The Morgan fingerprint density at radius 3 is 2.72 bits per heavy atom. The number of nitrogens with one attached hydrogen (secondary N) is 1. The molecule has 0 radical (unpaired) electrons. The average Bonchev–Trinajstić information content (AvgIpc) is 2.55. The smallest absolute Gasteiger partial charge is 0.0302 e. The molecule has 0 aliphatic carbocycles. The molecule has 0 saturated carbocycles. The monoisotopic (exact) mass is 266 g/mol.